The molecular weight excluding hydrogens is 184 g/mol. The maximum Gasteiger partial charge on any atom is 0.270 e. The summed E-state index contributed by atoms with van der Waals surface area (Å²) in [5, 5.41) is 13.6. The average Bonchev–Trinajstić information content (AvgIpc) is 2.42. The molecular formula is C8H14N4O2. The largest absolute Gasteiger partial charge is 0.286 e. The molecule has 0 aliphatic carbocycles. The number of carbonyl (C=O) groups is 1. The second-order valence-electron chi connectivity index (χ2n) is 3.19. The molecule has 6 nitrogen and oxygen atoms in total. The van der Waals surface area contributed by atoms with Gasteiger partial charge in [0.25, 0.3) is 5.91 Å². The van der Waals surface area contributed by atoms with Crippen molar-refractivity contribution in [3.8, 4) is 0 Å². The van der Waals surface area contributed by atoms with Crippen LogP contribution in [0, 0.1) is 13.8 Å². The predicted octanol–water partition coefficient (Wildman–Crippen LogP) is 0.304. The molecule has 0 bridgehead atoms. The SMILES string of the molecule is Cc1nc(C)n(C(C)C(=O)N(C)O)n1. The molecule has 1 amide bonds. The number of likely N-dealkylation sites (N-methyl/N-ethyl adjacent to an activating group) is 1. The molecule has 1 aromatic rings. The lowest BCUT2D eigenvalue weighted by Gasteiger charge is -2.15. The summed E-state index contributed by atoms with van der Waals surface area (Å²) in [6.07, 6.45) is 0. The quantitative estimate of drug-likeness (QED) is 0.548. The number of nitrogens with zero attached hydrogens (tertiary/aromatic N) is 4. The number of aryl methyl sites for hydroxylation is 2. The zero-order valence-electron chi connectivity index (χ0n) is 8.72. The predicted molar refractivity (Wildman–Crippen MR) is 48.8 cm³/mol. The number of hydroxylamine groups is 2. The van der Waals surface area contributed by atoms with Crippen LogP contribution in [-0.2, 0) is 4.79 Å². The summed E-state index contributed by atoms with van der Waals surface area (Å²) >= 11 is 0. The lowest BCUT2D eigenvalue weighted by molar-refractivity contribution is -0.163. The summed E-state index contributed by atoms with van der Waals surface area (Å²) in [7, 11) is 1.29. The molecule has 0 aliphatic rings. The van der Waals surface area contributed by atoms with Gasteiger partial charge in [-0.25, -0.2) is 14.7 Å². The van der Waals surface area contributed by atoms with Crippen LogP contribution in [0.1, 0.15) is 24.6 Å². The fourth-order valence-electron chi connectivity index (χ4n) is 1.28. The first-order valence-corrected chi connectivity index (χ1v) is 4.29. The van der Waals surface area contributed by atoms with E-state index in [9.17, 15) is 4.79 Å². The van der Waals surface area contributed by atoms with E-state index in [-0.39, 0.29) is 0 Å². The highest BCUT2D eigenvalue weighted by Crippen LogP contribution is 2.09. The summed E-state index contributed by atoms with van der Waals surface area (Å²) in [5.74, 6) is 0.853. The van der Waals surface area contributed by atoms with E-state index in [2.05, 4.69) is 10.1 Å². The summed E-state index contributed by atoms with van der Waals surface area (Å²) in [5.41, 5.74) is 0. The Hall–Kier alpha value is -1.43. The minimum atomic E-state index is -0.536. The van der Waals surface area contributed by atoms with Gasteiger partial charge in [-0.05, 0) is 20.8 Å². The van der Waals surface area contributed by atoms with Crippen LogP contribution in [0.3, 0.4) is 0 Å². The number of rotatable bonds is 2. The van der Waals surface area contributed by atoms with Crippen LogP contribution in [-0.4, -0.2) is 38.0 Å². The summed E-state index contributed by atoms with van der Waals surface area (Å²) in [6.45, 7) is 5.18. The van der Waals surface area contributed by atoms with E-state index in [1.807, 2.05) is 0 Å². The van der Waals surface area contributed by atoms with Crippen molar-refractivity contribution in [1.82, 2.24) is 19.8 Å². The standard InChI is InChI=1S/C8H14N4O2/c1-5(8(13)11(4)14)12-7(3)9-6(2)10-12/h5,14H,1-4H3. The molecule has 0 saturated carbocycles. The Labute approximate surface area is 82.1 Å². The van der Waals surface area contributed by atoms with E-state index in [0.29, 0.717) is 16.7 Å². The lowest BCUT2D eigenvalue weighted by atomic mass is 10.3. The van der Waals surface area contributed by atoms with E-state index in [1.165, 1.54) is 11.7 Å². The van der Waals surface area contributed by atoms with Crippen LogP contribution in [0.15, 0.2) is 0 Å². The number of aromatic nitrogens is 3. The normalized spacial score (nSPS) is 12.6. The van der Waals surface area contributed by atoms with Crippen LogP contribution >= 0.6 is 0 Å². The molecule has 0 aromatic carbocycles. The van der Waals surface area contributed by atoms with E-state index < -0.39 is 11.9 Å². The van der Waals surface area contributed by atoms with Crippen molar-refractivity contribution in [2.75, 3.05) is 7.05 Å². The Kier molecular flexibility index (Phi) is 2.85. The average molecular weight is 198 g/mol. The molecule has 1 aromatic heterocycles. The summed E-state index contributed by atoms with van der Waals surface area (Å²) in [6, 6.07) is -0.536. The van der Waals surface area contributed by atoms with Gasteiger partial charge in [-0.1, -0.05) is 0 Å². The van der Waals surface area contributed by atoms with Crippen LogP contribution in [0.25, 0.3) is 0 Å². The molecule has 1 atom stereocenters. The van der Waals surface area contributed by atoms with Crippen molar-refractivity contribution in [3.05, 3.63) is 11.6 Å². The zero-order chi connectivity index (χ0) is 10.9. The van der Waals surface area contributed by atoms with Gasteiger partial charge in [-0.3, -0.25) is 10.0 Å². The van der Waals surface area contributed by atoms with Gasteiger partial charge in [0.05, 0.1) is 0 Å². The minimum Gasteiger partial charge on any atom is -0.286 e. The van der Waals surface area contributed by atoms with E-state index in [4.69, 9.17) is 5.21 Å². The Balaban J connectivity index is 2.94. The molecule has 6 heteroatoms. The number of hydrogen-bond donors (Lipinski definition) is 1. The van der Waals surface area contributed by atoms with Crippen LogP contribution in [0.5, 0.6) is 0 Å². The molecule has 0 radical (unpaired) electrons. The monoisotopic (exact) mass is 198 g/mol. The second kappa shape index (κ2) is 3.75. The highest BCUT2D eigenvalue weighted by molar-refractivity contribution is 5.78. The van der Waals surface area contributed by atoms with Crippen molar-refractivity contribution < 1.29 is 10.0 Å². The van der Waals surface area contributed by atoms with Crippen molar-refractivity contribution in [2.45, 2.75) is 26.8 Å². The Morgan fingerprint density at radius 3 is 2.50 bits per heavy atom. The molecule has 78 valence electrons. The molecule has 14 heavy (non-hydrogen) atoms. The van der Waals surface area contributed by atoms with Gasteiger partial charge < -0.3 is 0 Å². The molecule has 1 heterocycles. The number of carbonyl (C=O) groups excluding carboxylic acids is 1. The zero-order valence-corrected chi connectivity index (χ0v) is 8.72. The first-order valence-electron chi connectivity index (χ1n) is 4.29. The van der Waals surface area contributed by atoms with Gasteiger partial charge in [0.2, 0.25) is 0 Å². The van der Waals surface area contributed by atoms with Gasteiger partial charge in [0.1, 0.15) is 17.7 Å². The Morgan fingerprint density at radius 2 is 2.14 bits per heavy atom. The molecule has 0 saturated heterocycles. The van der Waals surface area contributed by atoms with Crippen LogP contribution < -0.4 is 0 Å². The highest BCUT2D eigenvalue weighted by atomic mass is 16.5. The van der Waals surface area contributed by atoms with Crippen molar-refractivity contribution in [1.29, 1.82) is 0 Å². The fourth-order valence-corrected chi connectivity index (χ4v) is 1.28. The third-order valence-corrected chi connectivity index (χ3v) is 1.95. The number of hydrogen-bond acceptors (Lipinski definition) is 4. The molecule has 1 rings (SSSR count). The lowest BCUT2D eigenvalue weighted by Crippen LogP contribution is -2.31. The third kappa shape index (κ3) is 1.90. The van der Waals surface area contributed by atoms with Gasteiger partial charge in [-0.15, -0.1) is 0 Å². The summed E-state index contributed by atoms with van der Waals surface area (Å²) in [4.78, 5) is 15.5. The first-order chi connectivity index (χ1) is 6.43. The maximum absolute atomic E-state index is 11.4. The van der Waals surface area contributed by atoms with Crippen molar-refractivity contribution >= 4 is 5.91 Å². The smallest absolute Gasteiger partial charge is 0.270 e. The maximum atomic E-state index is 11.4. The van der Waals surface area contributed by atoms with Gasteiger partial charge >= 0.3 is 0 Å². The first kappa shape index (κ1) is 10.6. The number of amides is 1. The summed E-state index contributed by atoms with van der Waals surface area (Å²) < 4.78 is 1.49. The van der Waals surface area contributed by atoms with E-state index in [1.54, 1.807) is 20.8 Å². The van der Waals surface area contributed by atoms with Gasteiger partial charge in [-0.2, -0.15) is 5.10 Å². The minimum absolute atomic E-state index is 0.419. The topological polar surface area (TPSA) is 71.2 Å². The Bertz CT molecular complexity index is 345. The van der Waals surface area contributed by atoms with E-state index >= 15 is 0 Å². The van der Waals surface area contributed by atoms with Crippen LogP contribution in [0.4, 0.5) is 0 Å². The molecule has 1 N–H and O–H groups in total. The van der Waals surface area contributed by atoms with E-state index in [0.717, 1.165) is 0 Å². The van der Waals surface area contributed by atoms with Crippen molar-refractivity contribution in [2.24, 2.45) is 0 Å². The van der Waals surface area contributed by atoms with Gasteiger partial charge in [0, 0.05) is 7.05 Å². The molecule has 1 unspecified atom stereocenters. The third-order valence-electron chi connectivity index (χ3n) is 1.95. The molecule has 0 aliphatic heterocycles. The van der Waals surface area contributed by atoms with Gasteiger partial charge in [0.15, 0.2) is 0 Å². The second-order valence-corrected chi connectivity index (χ2v) is 3.19. The van der Waals surface area contributed by atoms with Crippen LogP contribution in [0.2, 0.25) is 0 Å². The molecule has 0 fully saturated rings. The highest BCUT2D eigenvalue weighted by Gasteiger charge is 2.20. The Morgan fingerprint density at radius 1 is 1.57 bits per heavy atom. The van der Waals surface area contributed by atoms with Crippen molar-refractivity contribution in [3.63, 3.8) is 0 Å². The fraction of sp³-hybridized carbons (Fsp3) is 0.625. The molecule has 0 spiro atoms.